The van der Waals surface area contributed by atoms with Gasteiger partial charge >= 0.3 is 0 Å². The van der Waals surface area contributed by atoms with Crippen LogP contribution in [0.4, 0.5) is 5.69 Å². The number of methoxy groups -OCH3 is 2. The van der Waals surface area contributed by atoms with E-state index in [0.717, 1.165) is 36.8 Å². The van der Waals surface area contributed by atoms with Crippen molar-refractivity contribution in [2.75, 3.05) is 32.6 Å². The first kappa shape index (κ1) is 20.1. The van der Waals surface area contributed by atoms with Gasteiger partial charge in [-0.15, -0.1) is 12.4 Å². The summed E-state index contributed by atoms with van der Waals surface area (Å²) in [7, 11) is 3.16. The molecule has 1 aromatic carbocycles. The molecule has 0 saturated carbocycles. The molecular weight excluding hydrogens is 384 g/mol. The first-order valence-electron chi connectivity index (χ1n) is 7.56. The van der Waals surface area contributed by atoms with Crippen LogP contribution in [0.1, 0.15) is 25.7 Å². The smallest absolute Gasteiger partial charge is 0.224 e. The molecule has 1 aliphatic rings. The number of rotatable bonds is 6. The van der Waals surface area contributed by atoms with Crippen LogP contribution in [-0.4, -0.2) is 33.2 Å². The van der Waals surface area contributed by atoms with Crippen LogP contribution in [-0.2, 0) is 4.79 Å². The van der Waals surface area contributed by atoms with E-state index in [1.165, 1.54) is 0 Å². The summed E-state index contributed by atoms with van der Waals surface area (Å²) in [4.78, 5) is 12.1. The highest BCUT2D eigenvalue weighted by molar-refractivity contribution is 9.10. The van der Waals surface area contributed by atoms with Crippen LogP contribution in [0.5, 0.6) is 11.5 Å². The van der Waals surface area contributed by atoms with Gasteiger partial charge in [0.2, 0.25) is 5.91 Å². The Morgan fingerprint density at radius 1 is 1.26 bits per heavy atom. The summed E-state index contributed by atoms with van der Waals surface area (Å²) in [5.74, 6) is 1.91. The zero-order valence-corrected chi connectivity index (χ0v) is 15.9. The standard InChI is InChI=1S/C16H23BrN2O3.ClH/c1-21-14-9-12(17)13(10-15(14)22-2)19-16(20)4-3-11-5-7-18-8-6-11;/h9-11,18H,3-8H2,1-2H3,(H,19,20);1H. The number of halogens is 2. The summed E-state index contributed by atoms with van der Waals surface area (Å²) >= 11 is 3.45. The van der Waals surface area contributed by atoms with E-state index in [4.69, 9.17) is 9.47 Å². The van der Waals surface area contributed by atoms with E-state index >= 15 is 0 Å². The second-order valence-corrected chi connectivity index (χ2v) is 6.32. The van der Waals surface area contributed by atoms with Crippen LogP contribution in [0.15, 0.2) is 16.6 Å². The molecular formula is C16H24BrClN2O3. The molecule has 1 amide bonds. The summed E-state index contributed by atoms with van der Waals surface area (Å²) < 4.78 is 11.3. The molecule has 0 unspecified atom stereocenters. The molecule has 1 saturated heterocycles. The highest BCUT2D eigenvalue weighted by atomic mass is 79.9. The SMILES string of the molecule is COc1cc(Br)c(NC(=O)CCC2CCNCC2)cc1OC.Cl. The molecule has 0 radical (unpaired) electrons. The van der Waals surface area contributed by atoms with E-state index in [1.807, 2.05) is 0 Å². The van der Waals surface area contributed by atoms with Gasteiger partial charge in [-0.25, -0.2) is 0 Å². The van der Waals surface area contributed by atoms with Crippen molar-refractivity contribution in [3.63, 3.8) is 0 Å². The molecule has 130 valence electrons. The maximum Gasteiger partial charge on any atom is 0.224 e. The Hall–Kier alpha value is -0.980. The lowest BCUT2D eigenvalue weighted by atomic mass is 9.93. The first-order chi connectivity index (χ1) is 10.6. The second-order valence-electron chi connectivity index (χ2n) is 5.47. The van der Waals surface area contributed by atoms with Gasteiger partial charge in [-0.3, -0.25) is 4.79 Å². The number of anilines is 1. The molecule has 2 rings (SSSR count). The van der Waals surface area contributed by atoms with E-state index in [9.17, 15) is 4.79 Å². The van der Waals surface area contributed by atoms with Crippen molar-refractivity contribution in [2.45, 2.75) is 25.7 Å². The Labute approximate surface area is 152 Å². The highest BCUT2D eigenvalue weighted by Gasteiger charge is 2.16. The largest absolute Gasteiger partial charge is 0.493 e. The van der Waals surface area contributed by atoms with Gasteiger partial charge in [0.15, 0.2) is 11.5 Å². The molecule has 0 bridgehead atoms. The number of hydrogen-bond donors (Lipinski definition) is 2. The maximum atomic E-state index is 12.1. The molecule has 0 aliphatic carbocycles. The quantitative estimate of drug-likeness (QED) is 0.756. The summed E-state index contributed by atoms with van der Waals surface area (Å²) in [6, 6.07) is 3.56. The molecule has 2 N–H and O–H groups in total. The molecule has 0 spiro atoms. The fraction of sp³-hybridized carbons (Fsp3) is 0.562. The van der Waals surface area contributed by atoms with Crippen LogP contribution in [0.3, 0.4) is 0 Å². The number of amides is 1. The van der Waals surface area contributed by atoms with Gasteiger partial charge in [-0.2, -0.15) is 0 Å². The molecule has 1 heterocycles. The molecule has 0 aromatic heterocycles. The van der Waals surface area contributed by atoms with Crippen molar-refractivity contribution in [1.82, 2.24) is 5.32 Å². The van der Waals surface area contributed by atoms with Gasteiger partial charge in [0.05, 0.1) is 19.9 Å². The van der Waals surface area contributed by atoms with Gasteiger partial charge < -0.3 is 20.1 Å². The Morgan fingerprint density at radius 3 is 2.48 bits per heavy atom. The predicted octanol–water partition coefficient (Wildman–Crippen LogP) is 3.61. The molecule has 0 atom stereocenters. The van der Waals surface area contributed by atoms with Crippen molar-refractivity contribution in [3.8, 4) is 11.5 Å². The number of carbonyl (C=O) groups is 1. The predicted molar refractivity (Wildman–Crippen MR) is 98.0 cm³/mol. The van der Waals surface area contributed by atoms with E-state index < -0.39 is 0 Å². The Balaban J connectivity index is 0.00000264. The van der Waals surface area contributed by atoms with Gasteiger partial charge in [-0.1, -0.05) is 0 Å². The zero-order chi connectivity index (χ0) is 15.9. The van der Waals surface area contributed by atoms with Gasteiger partial charge in [-0.05, 0) is 54.2 Å². The van der Waals surface area contributed by atoms with Crippen molar-refractivity contribution in [2.24, 2.45) is 5.92 Å². The number of benzene rings is 1. The average molecular weight is 408 g/mol. The van der Waals surface area contributed by atoms with E-state index in [0.29, 0.717) is 29.5 Å². The Morgan fingerprint density at radius 2 is 1.87 bits per heavy atom. The summed E-state index contributed by atoms with van der Waals surface area (Å²) in [5.41, 5.74) is 0.702. The molecule has 1 aromatic rings. The van der Waals surface area contributed by atoms with E-state index in [2.05, 4.69) is 26.6 Å². The van der Waals surface area contributed by atoms with Crippen LogP contribution in [0.25, 0.3) is 0 Å². The molecule has 1 aliphatic heterocycles. The normalized spacial score (nSPS) is 14.7. The van der Waals surface area contributed by atoms with Crippen molar-refractivity contribution >= 4 is 39.9 Å². The van der Waals surface area contributed by atoms with Crippen LogP contribution in [0.2, 0.25) is 0 Å². The van der Waals surface area contributed by atoms with Crippen LogP contribution >= 0.6 is 28.3 Å². The lowest BCUT2D eigenvalue weighted by Crippen LogP contribution is -2.28. The van der Waals surface area contributed by atoms with Crippen molar-refractivity contribution < 1.29 is 14.3 Å². The number of piperidine rings is 1. The lowest BCUT2D eigenvalue weighted by Gasteiger charge is -2.22. The van der Waals surface area contributed by atoms with E-state index in [1.54, 1.807) is 26.4 Å². The number of carbonyl (C=O) groups excluding carboxylic acids is 1. The second kappa shape index (κ2) is 10.0. The molecule has 23 heavy (non-hydrogen) atoms. The van der Waals surface area contributed by atoms with Gasteiger partial charge in [0.25, 0.3) is 0 Å². The molecule has 7 heteroatoms. The van der Waals surface area contributed by atoms with E-state index in [-0.39, 0.29) is 18.3 Å². The number of nitrogens with one attached hydrogen (secondary N) is 2. The molecule has 1 fully saturated rings. The summed E-state index contributed by atoms with van der Waals surface area (Å²) in [6.45, 7) is 2.13. The fourth-order valence-corrected chi connectivity index (χ4v) is 3.09. The third-order valence-electron chi connectivity index (χ3n) is 3.99. The minimum Gasteiger partial charge on any atom is -0.493 e. The number of ether oxygens (including phenoxy) is 2. The minimum absolute atomic E-state index is 0. The Kier molecular flexibility index (Phi) is 8.73. The van der Waals surface area contributed by atoms with Gasteiger partial charge in [0, 0.05) is 23.0 Å². The average Bonchev–Trinajstić information content (AvgIpc) is 2.55. The minimum atomic E-state index is 0. The maximum absolute atomic E-state index is 12.1. The third kappa shape index (κ3) is 5.86. The zero-order valence-electron chi connectivity index (χ0n) is 13.5. The number of hydrogen-bond acceptors (Lipinski definition) is 4. The fourth-order valence-electron chi connectivity index (χ4n) is 2.67. The van der Waals surface area contributed by atoms with Gasteiger partial charge in [0.1, 0.15) is 0 Å². The lowest BCUT2D eigenvalue weighted by molar-refractivity contribution is -0.116. The summed E-state index contributed by atoms with van der Waals surface area (Å²) in [5, 5.41) is 6.28. The third-order valence-corrected chi connectivity index (χ3v) is 4.64. The molecule has 5 nitrogen and oxygen atoms in total. The van der Waals surface area contributed by atoms with Crippen LogP contribution in [0, 0.1) is 5.92 Å². The first-order valence-corrected chi connectivity index (χ1v) is 8.35. The monoisotopic (exact) mass is 406 g/mol. The summed E-state index contributed by atoms with van der Waals surface area (Å²) in [6.07, 6.45) is 3.81. The van der Waals surface area contributed by atoms with Crippen LogP contribution < -0.4 is 20.1 Å². The Bertz CT molecular complexity index is 522. The topological polar surface area (TPSA) is 59.6 Å². The highest BCUT2D eigenvalue weighted by Crippen LogP contribution is 2.36. The van der Waals surface area contributed by atoms with Crippen molar-refractivity contribution in [3.05, 3.63) is 16.6 Å². The van der Waals surface area contributed by atoms with Crippen molar-refractivity contribution in [1.29, 1.82) is 0 Å².